The van der Waals surface area contributed by atoms with E-state index in [-0.39, 0.29) is 12.1 Å². The van der Waals surface area contributed by atoms with Crippen LogP contribution in [0.2, 0.25) is 5.02 Å². The summed E-state index contributed by atoms with van der Waals surface area (Å²) in [5.41, 5.74) is 4.78. The fraction of sp³-hybridized carbons (Fsp3) is 0.368. The van der Waals surface area contributed by atoms with Crippen molar-refractivity contribution in [3.8, 4) is 5.75 Å². The third-order valence-corrected chi connectivity index (χ3v) is 5.15. The highest BCUT2D eigenvalue weighted by Crippen LogP contribution is 2.51. The molecule has 0 amide bonds. The number of methoxy groups -OCH3 is 1. The standard InChI is InChI=1S/C19H20ClNO2/c1-11-3-5-16-14(9-11)19-13(7-8-23-19)18(21-16)15-10-12(20)4-6-17(15)22-2/h3-6,9-10,13,18-19,21H,7-8H2,1-2H3. The Morgan fingerprint density at radius 3 is 2.87 bits per heavy atom. The van der Waals surface area contributed by atoms with E-state index in [1.54, 1.807) is 7.11 Å². The zero-order valence-electron chi connectivity index (χ0n) is 13.3. The molecule has 3 unspecified atom stereocenters. The van der Waals surface area contributed by atoms with Crippen molar-refractivity contribution in [3.05, 3.63) is 58.1 Å². The second kappa shape index (κ2) is 5.73. The molecule has 4 heteroatoms. The maximum absolute atomic E-state index is 6.24. The lowest BCUT2D eigenvalue weighted by Crippen LogP contribution is -2.29. The van der Waals surface area contributed by atoms with Gasteiger partial charge in [0.05, 0.1) is 19.3 Å². The van der Waals surface area contributed by atoms with E-state index >= 15 is 0 Å². The molecule has 0 bridgehead atoms. The Morgan fingerprint density at radius 1 is 1.17 bits per heavy atom. The highest BCUT2D eigenvalue weighted by Gasteiger charge is 2.42. The van der Waals surface area contributed by atoms with E-state index < -0.39 is 0 Å². The summed E-state index contributed by atoms with van der Waals surface area (Å²) in [4.78, 5) is 0. The van der Waals surface area contributed by atoms with Gasteiger partial charge in [-0.05, 0) is 37.6 Å². The SMILES string of the molecule is COc1ccc(Cl)cc1C1Nc2ccc(C)cc2C2OCCC12. The Morgan fingerprint density at radius 2 is 2.04 bits per heavy atom. The van der Waals surface area contributed by atoms with Crippen molar-refractivity contribution in [2.24, 2.45) is 5.92 Å². The maximum atomic E-state index is 6.24. The molecule has 0 aromatic heterocycles. The Labute approximate surface area is 141 Å². The molecule has 120 valence electrons. The van der Waals surface area contributed by atoms with Crippen LogP contribution < -0.4 is 10.1 Å². The van der Waals surface area contributed by atoms with E-state index in [1.807, 2.05) is 18.2 Å². The second-order valence-electron chi connectivity index (χ2n) is 6.34. The van der Waals surface area contributed by atoms with Gasteiger partial charge in [-0.2, -0.15) is 0 Å². The molecule has 0 aliphatic carbocycles. The number of hydrogen-bond donors (Lipinski definition) is 1. The molecule has 1 fully saturated rings. The number of ether oxygens (including phenoxy) is 2. The number of nitrogens with one attached hydrogen (secondary N) is 1. The normalized spacial score (nSPS) is 25.4. The number of halogens is 1. The van der Waals surface area contributed by atoms with Crippen LogP contribution in [0.15, 0.2) is 36.4 Å². The third kappa shape index (κ3) is 2.48. The molecule has 1 N–H and O–H groups in total. The topological polar surface area (TPSA) is 30.5 Å². The van der Waals surface area contributed by atoms with Crippen molar-refractivity contribution in [1.82, 2.24) is 0 Å². The first kappa shape index (κ1) is 14.9. The van der Waals surface area contributed by atoms with Gasteiger partial charge < -0.3 is 14.8 Å². The smallest absolute Gasteiger partial charge is 0.124 e. The Bertz CT molecular complexity index is 746. The van der Waals surface area contributed by atoms with Crippen molar-refractivity contribution >= 4 is 17.3 Å². The van der Waals surface area contributed by atoms with Crippen molar-refractivity contribution in [1.29, 1.82) is 0 Å². The first-order chi connectivity index (χ1) is 11.2. The van der Waals surface area contributed by atoms with Crippen LogP contribution in [0.3, 0.4) is 0 Å². The zero-order valence-corrected chi connectivity index (χ0v) is 14.1. The molecule has 2 heterocycles. The fourth-order valence-electron chi connectivity index (χ4n) is 3.85. The van der Waals surface area contributed by atoms with Gasteiger partial charge in [0.1, 0.15) is 5.75 Å². The van der Waals surface area contributed by atoms with Gasteiger partial charge in [0.15, 0.2) is 0 Å². The Kier molecular flexibility index (Phi) is 3.70. The predicted octanol–water partition coefficient (Wildman–Crippen LogP) is 4.90. The van der Waals surface area contributed by atoms with E-state index in [2.05, 4.69) is 30.4 Å². The van der Waals surface area contributed by atoms with Crippen LogP contribution in [0.4, 0.5) is 5.69 Å². The molecular formula is C19H20ClNO2. The van der Waals surface area contributed by atoms with Gasteiger partial charge in [-0.15, -0.1) is 0 Å². The lowest BCUT2D eigenvalue weighted by atomic mass is 9.80. The van der Waals surface area contributed by atoms with Gasteiger partial charge in [-0.3, -0.25) is 0 Å². The summed E-state index contributed by atoms with van der Waals surface area (Å²) >= 11 is 6.24. The van der Waals surface area contributed by atoms with E-state index in [0.29, 0.717) is 5.92 Å². The van der Waals surface area contributed by atoms with E-state index in [9.17, 15) is 0 Å². The molecule has 2 aliphatic heterocycles. The van der Waals surface area contributed by atoms with Crippen LogP contribution in [0.1, 0.15) is 35.3 Å². The average molecular weight is 330 g/mol. The molecule has 0 radical (unpaired) electrons. The zero-order chi connectivity index (χ0) is 16.0. The van der Waals surface area contributed by atoms with E-state index in [4.69, 9.17) is 21.1 Å². The summed E-state index contributed by atoms with van der Waals surface area (Å²) in [6.45, 7) is 2.92. The molecule has 23 heavy (non-hydrogen) atoms. The predicted molar refractivity (Wildman–Crippen MR) is 92.3 cm³/mol. The molecule has 0 spiro atoms. The number of hydrogen-bond acceptors (Lipinski definition) is 3. The largest absolute Gasteiger partial charge is 0.496 e. The third-order valence-electron chi connectivity index (χ3n) is 4.92. The van der Waals surface area contributed by atoms with Gasteiger partial charge in [-0.1, -0.05) is 29.3 Å². The number of aryl methyl sites for hydroxylation is 1. The maximum Gasteiger partial charge on any atom is 0.124 e. The number of rotatable bonds is 2. The van der Waals surface area contributed by atoms with Crippen LogP contribution in [-0.4, -0.2) is 13.7 Å². The minimum absolute atomic E-state index is 0.139. The van der Waals surface area contributed by atoms with Gasteiger partial charge in [0.25, 0.3) is 0 Å². The number of benzene rings is 2. The summed E-state index contributed by atoms with van der Waals surface area (Å²) in [6, 6.07) is 12.5. The quantitative estimate of drug-likeness (QED) is 0.850. The van der Waals surface area contributed by atoms with Gasteiger partial charge in [0.2, 0.25) is 0 Å². The van der Waals surface area contributed by atoms with Crippen molar-refractivity contribution < 1.29 is 9.47 Å². The van der Waals surface area contributed by atoms with Gasteiger partial charge in [-0.25, -0.2) is 0 Å². The molecule has 3 atom stereocenters. The van der Waals surface area contributed by atoms with Crippen LogP contribution in [-0.2, 0) is 4.74 Å². The first-order valence-electron chi connectivity index (χ1n) is 7.99. The highest BCUT2D eigenvalue weighted by molar-refractivity contribution is 6.30. The minimum Gasteiger partial charge on any atom is -0.496 e. The summed E-state index contributed by atoms with van der Waals surface area (Å²) < 4.78 is 11.6. The summed E-state index contributed by atoms with van der Waals surface area (Å²) in [6.07, 6.45) is 1.17. The minimum atomic E-state index is 0.139. The number of fused-ring (bicyclic) bond motifs is 3. The second-order valence-corrected chi connectivity index (χ2v) is 6.78. The van der Waals surface area contributed by atoms with Gasteiger partial charge >= 0.3 is 0 Å². The molecule has 2 aromatic carbocycles. The summed E-state index contributed by atoms with van der Waals surface area (Å²) in [7, 11) is 1.70. The number of anilines is 1. The fourth-order valence-corrected chi connectivity index (χ4v) is 4.03. The molecule has 3 nitrogen and oxygen atoms in total. The van der Waals surface area contributed by atoms with Crippen molar-refractivity contribution in [2.45, 2.75) is 25.5 Å². The molecule has 1 saturated heterocycles. The van der Waals surface area contributed by atoms with Crippen molar-refractivity contribution in [2.75, 3.05) is 19.0 Å². The molecular weight excluding hydrogens is 310 g/mol. The first-order valence-corrected chi connectivity index (χ1v) is 8.37. The average Bonchev–Trinajstić information content (AvgIpc) is 3.04. The molecule has 2 aliphatic rings. The molecule has 4 rings (SSSR count). The lowest BCUT2D eigenvalue weighted by molar-refractivity contribution is 0.0826. The Balaban J connectivity index is 1.82. The molecule has 0 saturated carbocycles. The molecule has 2 aromatic rings. The summed E-state index contributed by atoms with van der Waals surface area (Å²) in [5, 5.41) is 4.42. The monoisotopic (exact) mass is 329 g/mol. The van der Waals surface area contributed by atoms with E-state index in [1.165, 1.54) is 11.1 Å². The van der Waals surface area contributed by atoms with Gasteiger partial charge in [0, 0.05) is 34.4 Å². The van der Waals surface area contributed by atoms with Crippen LogP contribution in [0, 0.1) is 12.8 Å². The van der Waals surface area contributed by atoms with E-state index in [0.717, 1.165) is 35.1 Å². The summed E-state index contributed by atoms with van der Waals surface area (Å²) in [5.74, 6) is 1.25. The van der Waals surface area contributed by atoms with Crippen LogP contribution >= 0.6 is 11.6 Å². The lowest BCUT2D eigenvalue weighted by Gasteiger charge is -2.37. The van der Waals surface area contributed by atoms with Crippen LogP contribution in [0.5, 0.6) is 5.75 Å². The van der Waals surface area contributed by atoms with Crippen molar-refractivity contribution in [3.63, 3.8) is 0 Å². The Hall–Kier alpha value is -1.71. The highest BCUT2D eigenvalue weighted by atomic mass is 35.5. The van der Waals surface area contributed by atoms with Crippen LogP contribution in [0.25, 0.3) is 0 Å².